The van der Waals surface area contributed by atoms with E-state index in [9.17, 15) is 14.4 Å². The van der Waals surface area contributed by atoms with E-state index in [4.69, 9.17) is 45.3 Å². The summed E-state index contributed by atoms with van der Waals surface area (Å²) in [7, 11) is 0. The van der Waals surface area contributed by atoms with E-state index in [1.54, 1.807) is 30.3 Å². The summed E-state index contributed by atoms with van der Waals surface area (Å²) in [5.74, 6) is -2.37. The van der Waals surface area contributed by atoms with Crippen LogP contribution in [-0.2, 0) is 20.7 Å². The normalized spacial score (nSPS) is 10.3. The monoisotopic (exact) mass is 415 g/mol. The summed E-state index contributed by atoms with van der Waals surface area (Å²) in [6.07, 6.45) is 0.0111. The quantitative estimate of drug-likeness (QED) is 0.572. The van der Waals surface area contributed by atoms with E-state index in [1.165, 1.54) is 0 Å². The van der Waals surface area contributed by atoms with Crippen molar-refractivity contribution < 1.29 is 19.1 Å². The predicted octanol–water partition coefficient (Wildman–Crippen LogP) is 2.67. The van der Waals surface area contributed by atoms with Gasteiger partial charge in [-0.3, -0.25) is 14.9 Å². The van der Waals surface area contributed by atoms with Crippen LogP contribution in [0.3, 0.4) is 0 Å². The van der Waals surface area contributed by atoms with E-state index in [1.807, 2.05) is 0 Å². The molecule has 2 rings (SSSR count). The van der Waals surface area contributed by atoms with E-state index in [2.05, 4.69) is 10.3 Å². The van der Waals surface area contributed by atoms with Crippen LogP contribution in [-0.4, -0.2) is 29.4 Å². The molecule has 0 atom stereocenters. The Morgan fingerprint density at radius 2 is 1.69 bits per heavy atom. The predicted molar refractivity (Wildman–Crippen MR) is 97.3 cm³/mol. The molecule has 10 heteroatoms. The van der Waals surface area contributed by atoms with Crippen LogP contribution in [0.2, 0.25) is 15.2 Å². The molecule has 2 aromatic rings. The van der Waals surface area contributed by atoms with Gasteiger partial charge in [0.25, 0.3) is 5.91 Å². The van der Waals surface area contributed by atoms with Gasteiger partial charge >= 0.3 is 5.97 Å². The molecule has 3 N–H and O–H groups in total. The van der Waals surface area contributed by atoms with E-state index < -0.39 is 24.4 Å². The maximum atomic E-state index is 12.0. The van der Waals surface area contributed by atoms with Crippen LogP contribution in [0.5, 0.6) is 0 Å². The number of pyridine rings is 1. The van der Waals surface area contributed by atoms with Crippen LogP contribution in [0.1, 0.15) is 16.1 Å². The number of hydrogen-bond acceptors (Lipinski definition) is 6. The highest BCUT2D eigenvalue weighted by Crippen LogP contribution is 2.34. The Morgan fingerprint density at radius 3 is 2.35 bits per heavy atom. The number of aromatic nitrogens is 1. The Kier molecular flexibility index (Phi) is 6.79. The molecular formula is C16H12Cl3N3O4. The molecule has 136 valence electrons. The number of ether oxygens (including phenoxy) is 1. The summed E-state index contributed by atoms with van der Waals surface area (Å²) in [5.41, 5.74) is 5.81. The van der Waals surface area contributed by atoms with Gasteiger partial charge in [0.05, 0.1) is 17.1 Å². The Morgan fingerprint density at radius 1 is 1.04 bits per heavy atom. The maximum absolute atomic E-state index is 12.0. The second kappa shape index (κ2) is 8.84. The molecule has 0 spiro atoms. The van der Waals surface area contributed by atoms with E-state index >= 15 is 0 Å². The third-order valence-electron chi connectivity index (χ3n) is 3.09. The van der Waals surface area contributed by atoms with Crippen molar-refractivity contribution in [3.05, 3.63) is 56.8 Å². The first-order valence-electron chi connectivity index (χ1n) is 7.13. The number of anilines is 1. The van der Waals surface area contributed by atoms with Crippen molar-refractivity contribution in [3.63, 3.8) is 0 Å². The smallest absolute Gasteiger partial charge is 0.359 e. The molecule has 0 aliphatic carbocycles. The molecule has 0 unspecified atom stereocenters. The third kappa shape index (κ3) is 5.08. The van der Waals surface area contributed by atoms with Crippen LogP contribution in [0.25, 0.3) is 0 Å². The fourth-order valence-corrected chi connectivity index (χ4v) is 2.47. The highest BCUT2D eigenvalue weighted by atomic mass is 35.5. The van der Waals surface area contributed by atoms with Crippen LogP contribution in [0.15, 0.2) is 30.3 Å². The molecule has 0 aliphatic rings. The number of nitrogens with one attached hydrogen (secondary N) is 1. The lowest BCUT2D eigenvalue weighted by atomic mass is 10.1. The third-order valence-corrected chi connectivity index (χ3v) is 4.22. The Bertz CT molecular complexity index is 860. The number of halogens is 3. The highest BCUT2D eigenvalue weighted by Gasteiger charge is 2.22. The molecule has 26 heavy (non-hydrogen) atoms. The summed E-state index contributed by atoms with van der Waals surface area (Å²) in [6.45, 7) is -0.711. The van der Waals surface area contributed by atoms with Gasteiger partial charge < -0.3 is 10.5 Å². The Hall–Kier alpha value is -2.35. The number of esters is 1. The van der Waals surface area contributed by atoms with E-state index in [0.29, 0.717) is 0 Å². The fraction of sp³-hybridized carbons (Fsp3) is 0.125. The van der Waals surface area contributed by atoms with E-state index in [-0.39, 0.29) is 33.0 Å². The zero-order valence-corrected chi connectivity index (χ0v) is 15.4. The number of carbonyl (C=O) groups excluding carboxylic acids is 3. The second-order valence-corrected chi connectivity index (χ2v) is 6.12. The second-order valence-electron chi connectivity index (χ2n) is 5.00. The number of carbonyl (C=O) groups is 3. The molecule has 1 aromatic heterocycles. The van der Waals surface area contributed by atoms with Crippen molar-refractivity contribution in [3.8, 4) is 0 Å². The van der Waals surface area contributed by atoms with Gasteiger partial charge in [0.2, 0.25) is 5.91 Å². The van der Waals surface area contributed by atoms with Gasteiger partial charge in [0.1, 0.15) is 5.02 Å². The first-order valence-corrected chi connectivity index (χ1v) is 8.26. The van der Waals surface area contributed by atoms with Gasteiger partial charge in [-0.05, 0) is 5.56 Å². The first-order chi connectivity index (χ1) is 12.3. The largest absolute Gasteiger partial charge is 0.451 e. The average molecular weight is 417 g/mol. The standard InChI is InChI=1S/C16H12Cl3N3O4/c17-11-13(20)12(18)15(19)22-14(11)16(25)26-7-10(24)21-9(23)6-8-4-2-1-3-5-8/h1-5H,6-7H2,(H2,20,22)(H,21,23,24). The number of nitrogen functional groups attached to an aromatic ring is 1. The summed E-state index contributed by atoms with van der Waals surface area (Å²) in [6, 6.07) is 8.83. The number of imide groups is 1. The van der Waals surface area contributed by atoms with Gasteiger partial charge in [0, 0.05) is 0 Å². The van der Waals surface area contributed by atoms with Crippen molar-refractivity contribution in [1.82, 2.24) is 10.3 Å². The number of benzene rings is 1. The van der Waals surface area contributed by atoms with Gasteiger partial charge in [-0.25, -0.2) is 9.78 Å². The molecule has 0 saturated heterocycles. The minimum absolute atomic E-state index is 0.0111. The lowest BCUT2D eigenvalue weighted by Gasteiger charge is -2.09. The number of hydrogen-bond donors (Lipinski definition) is 2. The average Bonchev–Trinajstić information content (AvgIpc) is 2.61. The number of rotatable bonds is 5. The van der Waals surface area contributed by atoms with Crippen LogP contribution < -0.4 is 11.1 Å². The van der Waals surface area contributed by atoms with Crippen LogP contribution in [0, 0.1) is 0 Å². The van der Waals surface area contributed by atoms with Crippen molar-refractivity contribution >= 4 is 58.3 Å². The van der Waals surface area contributed by atoms with Gasteiger partial charge in [-0.15, -0.1) is 0 Å². The Labute approximate surface area is 163 Å². The maximum Gasteiger partial charge on any atom is 0.359 e. The first kappa shape index (κ1) is 20.0. The zero-order chi connectivity index (χ0) is 19.3. The lowest BCUT2D eigenvalue weighted by molar-refractivity contribution is -0.132. The molecule has 1 aromatic carbocycles. The molecule has 2 amide bonds. The summed E-state index contributed by atoms with van der Waals surface area (Å²) >= 11 is 17.4. The van der Waals surface area contributed by atoms with Crippen molar-refractivity contribution in [1.29, 1.82) is 0 Å². The SMILES string of the molecule is Nc1c(Cl)c(Cl)nc(C(=O)OCC(=O)NC(=O)Cc2ccccc2)c1Cl. The molecule has 0 fully saturated rings. The topological polar surface area (TPSA) is 111 Å². The van der Waals surface area contributed by atoms with Crippen molar-refractivity contribution in [2.45, 2.75) is 6.42 Å². The van der Waals surface area contributed by atoms with E-state index in [0.717, 1.165) is 5.56 Å². The minimum atomic E-state index is -1.04. The molecule has 1 heterocycles. The summed E-state index contributed by atoms with van der Waals surface area (Å²) in [4.78, 5) is 39.1. The van der Waals surface area contributed by atoms with Gasteiger partial charge in [0.15, 0.2) is 17.5 Å². The Balaban J connectivity index is 1.91. The van der Waals surface area contributed by atoms with Crippen molar-refractivity contribution in [2.24, 2.45) is 0 Å². The molecule has 0 saturated carbocycles. The molecular weight excluding hydrogens is 405 g/mol. The molecule has 0 aliphatic heterocycles. The number of nitrogens with two attached hydrogens (primary N) is 1. The van der Waals surface area contributed by atoms with Gasteiger partial charge in [-0.2, -0.15) is 0 Å². The lowest BCUT2D eigenvalue weighted by Crippen LogP contribution is -2.35. The van der Waals surface area contributed by atoms with Crippen LogP contribution in [0.4, 0.5) is 5.69 Å². The summed E-state index contributed by atoms with van der Waals surface area (Å²) in [5, 5.41) is 1.52. The molecule has 0 bridgehead atoms. The number of nitrogens with zero attached hydrogens (tertiary/aromatic N) is 1. The van der Waals surface area contributed by atoms with Crippen LogP contribution >= 0.6 is 34.8 Å². The fourth-order valence-electron chi connectivity index (χ4n) is 1.88. The van der Waals surface area contributed by atoms with Crippen molar-refractivity contribution in [2.75, 3.05) is 12.3 Å². The van der Waals surface area contributed by atoms with Gasteiger partial charge in [-0.1, -0.05) is 65.1 Å². The minimum Gasteiger partial charge on any atom is -0.451 e. The molecule has 7 nitrogen and oxygen atoms in total. The summed E-state index contributed by atoms with van der Waals surface area (Å²) < 4.78 is 4.76. The molecule has 0 radical (unpaired) electrons. The zero-order valence-electron chi connectivity index (χ0n) is 13.1. The highest BCUT2D eigenvalue weighted by molar-refractivity contribution is 6.46. The number of amides is 2.